The molecular formula is C24H28N8O. The molecule has 0 unspecified atom stereocenters. The number of hydrogen-bond donors (Lipinski definition) is 2. The van der Waals surface area contributed by atoms with Gasteiger partial charge >= 0.3 is 0 Å². The van der Waals surface area contributed by atoms with Crippen LogP contribution in [0.25, 0.3) is 22.5 Å². The number of carbonyl (C=O) groups excluding carboxylic acids is 1. The van der Waals surface area contributed by atoms with Gasteiger partial charge in [-0.05, 0) is 42.2 Å². The Morgan fingerprint density at radius 1 is 1.09 bits per heavy atom. The Bertz CT molecular complexity index is 1200. The zero-order valence-corrected chi connectivity index (χ0v) is 19.1. The average molecular weight is 445 g/mol. The van der Waals surface area contributed by atoms with Gasteiger partial charge < -0.3 is 5.32 Å². The molecule has 0 bridgehead atoms. The number of carbonyl (C=O) groups is 1. The van der Waals surface area contributed by atoms with Crippen molar-refractivity contribution in [1.82, 2.24) is 40.7 Å². The van der Waals surface area contributed by atoms with Gasteiger partial charge in [-0.1, -0.05) is 61.9 Å². The molecule has 9 nitrogen and oxygen atoms in total. The third-order valence-corrected chi connectivity index (χ3v) is 5.24. The minimum atomic E-state index is -0.241. The number of benzene rings is 2. The molecule has 0 aliphatic heterocycles. The lowest BCUT2D eigenvalue weighted by atomic mass is 9.98. The van der Waals surface area contributed by atoms with E-state index in [4.69, 9.17) is 0 Å². The molecule has 170 valence electrons. The molecule has 33 heavy (non-hydrogen) atoms. The van der Waals surface area contributed by atoms with Crippen LogP contribution in [-0.4, -0.2) is 47.3 Å². The molecular weight excluding hydrogens is 416 g/mol. The number of nitrogens with zero attached hydrogens (tertiary/aromatic N) is 6. The minimum absolute atomic E-state index is 0.0337. The van der Waals surface area contributed by atoms with E-state index in [1.807, 2.05) is 42.8 Å². The van der Waals surface area contributed by atoms with Crippen LogP contribution in [-0.2, 0) is 13.0 Å². The van der Waals surface area contributed by atoms with Gasteiger partial charge in [-0.2, -0.15) is 5.21 Å². The number of aromatic nitrogens is 7. The van der Waals surface area contributed by atoms with Crippen LogP contribution in [0.2, 0.25) is 0 Å². The third kappa shape index (κ3) is 5.31. The summed E-state index contributed by atoms with van der Waals surface area (Å²) in [5.74, 6) is 1.33. The van der Waals surface area contributed by atoms with E-state index in [-0.39, 0.29) is 17.8 Å². The number of tetrazole rings is 1. The van der Waals surface area contributed by atoms with Crippen molar-refractivity contribution in [2.45, 2.75) is 52.6 Å². The highest BCUT2D eigenvalue weighted by atomic mass is 16.2. The summed E-state index contributed by atoms with van der Waals surface area (Å²) in [5.41, 5.74) is 4.10. The second-order valence-electron chi connectivity index (χ2n) is 8.21. The Morgan fingerprint density at radius 3 is 2.52 bits per heavy atom. The summed E-state index contributed by atoms with van der Waals surface area (Å²) >= 11 is 0. The smallest absolute Gasteiger partial charge is 0.291 e. The number of aromatic amines is 1. The van der Waals surface area contributed by atoms with Gasteiger partial charge in [0.25, 0.3) is 5.91 Å². The lowest BCUT2D eigenvalue weighted by molar-refractivity contribution is 0.0932. The van der Waals surface area contributed by atoms with Crippen LogP contribution in [0.1, 0.15) is 55.6 Å². The Labute approximate surface area is 192 Å². The second-order valence-corrected chi connectivity index (χ2v) is 8.21. The van der Waals surface area contributed by atoms with Gasteiger partial charge in [0, 0.05) is 24.6 Å². The van der Waals surface area contributed by atoms with Crippen LogP contribution in [0.4, 0.5) is 0 Å². The van der Waals surface area contributed by atoms with E-state index < -0.39 is 0 Å². The van der Waals surface area contributed by atoms with Crippen molar-refractivity contribution < 1.29 is 4.79 Å². The lowest BCUT2D eigenvalue weighted by Gasteiger charge is -2.09. The first-order chi connectivity index (χ1) is 16.0. The number of aryl methyl sites for hydroxylation is 1. The van der Waals surface area contributed by atoms with Crippen LogP contribution < -0.4 is 5.32 Å². The van der Waals surface area contributed by atoms with Gasteiger partial charge in [-0.15, -0.1) is 15.3 Å². The molecule has 2 heterocycles. The van der Waals surface area contributed by atoms with Crippen LogP contribution >= 0.6 is 0 Å². The number of H-pyrrole nitrogens is 1. The topological polar surface area (TPSA) is 114 Å². The van der Waals surface area contributed by atoms with Crippen molar-refractivity contribution in [2.24, 2.45) is 0 Å². The van der Waals surface area contributed by atoms with Gasteiger partial charge in [0.2, 0.25) is 11.6 Å². The fourth-order valence-electron chi connectivity index (χ4n) is 3.61. The summed E-state index contributed by atoms with van der Waals surface area (Å²) < 4.78 is 1.86. The first-order valence-corrected chi connectivity index (χ1v) is 11.2. The van der Waals surface area contributed by atoms with Crippen molar-refractivity contribution in [2.75, 3.05) is 0 Å². The summed E-state index contributed by atoms with van der Waals surface area (Å²) in [7, 11) is 0. The van der Waals surface area contributed by atoms with Crippen LogP contribution in [0.15, 0.2) is 48.5 Å². The fourth-order valence-corrected chi connectivity index (χ4v) is 3.61. The van der Waals surface area contributed by atoms with Gasteiger partial charge in [0.05, 0.1) is 0 Å². The van der Waals surface area contributed by atoms with E-state index in [0.717, 1.165) is 47.5 Å². The molecule has 2 N–H and O–H groups in total. The molecule has 1 amide bonds. The van der Waals surface area contributed by atoms with Crippen molar-refractivity contribution in [3.8, 4) is 22.5 Å². The molecule has 0 spiro atoms. The summed E-state index contributed by atoms with van der Waals surface area (Å²) in [6, 6.07) is 16.3. The van der Waals surface area contributed by atoms with E-state index in [1.165, 1.54) is 0 Å². The molecule has 0 atom stereocenters. The van der Waals surface area contributed by atoms with Crippen molar-refractivity contribution in [3.05, 3.63) is 65.7 Å². The summed E-state index contributed by atoms with van der Waals surface area (Å²) in [6.45, 7) is 6.72. The normalized spacial score (nSPS) is 11.2. The van der Waals surface area contributed by atoms with E-state index in [1.54, 1.807) is 0 Å². The highest BCUT2D eigenvalue weighted by Gasteiger charge is 2.17. The van der Waals surface area contributed by atoms with Gasteiger partial charge in [-0.3, -0.25) is 4.79 Å². The van der Waals surface area contributed by atoms with Gasteiger partial charge in [-0.25, -0.2) is 9.67 Å². The number of hydrogen-bond acceptors (Lipinski definition) is 6. The Morgan fingerprint density at radius 2 is 1.85 bits per heavy atom. The zero-order chi connectivity index (χ0) is 23.2. The van der Waals surface area contributed by atoms with Crippen molar-refractivity contribution in [3.63, 3.8) is 0 Å². The molecule has 0 radical (unpaired) electrons. The summed E-state index contributed by atoms with van der Waals surface area (Å²) in [6.07, 6.45) is 2.62. The number of unbranched alkanes of at least 4 members (excludes halogenated alkanes) is 1. The number of amides is 1. The van der Waals surface area contributed by atoms with E-state index in [0.29, 0.717) is 12.2 Å². The molecule has 9 heteroatoms. The molecule has 0 saturated carbocycles. The summed E-state index contributed by atoms with van der Waals surface area (Å²) in [5, 5.41) is 21.8. The maximum atomic E-state index is 12.4. The monoisotopic (exact) mass is 444 g/mol. The SMILES string of the molecule is CCCCn1nc(C(=O)NC(C)C)nc1Cc1ccc(-c2ccccc2-c2nn[nH]n2)cc1. The predicted molar refractivity (Wildman–Crippen MR) is 125 cm³/mol. The van der Waals surface area contributed by atoms with Crippen LogP contribution in [0, 0.1) is 0 Å². The second kappa shape index (κ2) is 10.2. The fraction of sp³-hybridized carbons (Fsp3) is 0.333. The van der Waals surface area contributed by atoms with Crippen LogP contribution in [0.3, 0.4) is 0 Å². The average Bonchev–Trinajstić information content (AvgIpc) is 3.48. The zero-order valence-electron chi connectivity index (χ0n) is 19.1. The standard InChI is InChI=1S/C24H28N8O/c1-4-5-14-32-21(26-23(29-32)24(33)25-16(2)3)15-17-10-12-18(13-11-17)19-8-6-7-9-20(19)22-27-30-31-28-22/h6-13,16H,4-5,14-15H2,1-3H3,(H,25,33)(H,27,28,30,31). The van der Waals surface area contributed by atoms with E-state index in [2.05, 4.69) is 67.2 Å². The van der Waals surface area contributed by atoms with Crippen molar-refractivity contribution >= 4 is 5.91 Å². The molecule has 0 saturated heterocycles. The Hall–Kier alpha value is -3.88. The molecule has 4 rings (SSSR count). The highest BCUT2D eigenvalue weighted by molar-refractivity contribution is 5.90. The molecule has 0 aliphatic carbocycles. The maximum absolute atomic E-state index is 12.4. The van der Waals surface area contributed by atoms with E-state index >= 15 is 0 Å². The van der Waals surface area contributed by atoms with E-state index in [9.17, 15) is 4.79 Å². The molecule has 2 aromatic heterocycles. The van der Waals surface area contributed by atoms with Gasteiger partial charge in [0.15, 0.2) is 0 Å². The quantitative estimate of drug-likeness (QED) is 0.407. The maximum Gasteiger partial charge on any atom is 0.291 e. The molecule has 2 aromatic carbocycles. The summed E-state index contributed by atoms with van der Waals surface area (Å²) in [4.78, 5) is 17.0. The Kier molecular flexibility index (Phi) is 6.87. The largest absolute Gasteiger partial charge is 0.347 e. The predicted octanol–water partition coefficient (Wildman–Crippen LogP) is 3.65. The first kappa shape index (κ1) is 22.3. The Balaban J connectivity index is 1.57. The highest BCUT2D eigenvalue weighted by Crippen LogP contribution is 2.30. The van der Waals surface area contributed by atoms with Crippen molar-refractivity contribution in [1.29, 1.82) is 0 Å². The minimum Gasteiger partial charge on any atom is -0.347 e. The molecule has 0 aliphatic rings. The van der Waals surface area contributed by atoms with Crippen LogP contribution in [0.5, 0.6) is 0 Å². The molecule has 4 aromatic rings. The number of rotatable bonds is 9. The molecule has 0 fully saturated rings. The number of nitrogens with one attached hydrogen (secondary N) is 2. The lowest BCUT2D eigenvalue weighted by Crippen LogP contribution is -2.31. The third-order valence-electron chi connectivity index (χ3n) is 5.24. The first-order valence-electron chi connectivity index (χ1n) is 11.2. The van der Waals surface area contributed by atoms with Gasteiger partial charge in [0.1, 0.15) is 5.82 Å².